The van der Waals surface area contributed by atoms with Crippen LogP contribution in [0.5, 0.6) is 0 Å². The van der Waals surface area contributed by atoms with Gasteiger partial charge in [-0.15, -0.1) is 0 Å². The first kappa shape index (κ1) is 32.0. The summed E-state index contributed by atoms with van der Waals surface area (Å²) in [4.78, 5) is 59.0. The maximum absolute atomic E-state index is 13.8. The number of nitrogens with zero attached hydrogens (tertiary/aromatic N) is 4. The summed E-state index contributed by atoms with van der Waals surface area (Å²) in [5.74, 6) is -0.301. The van der Waals surface area contributed by atoms with Crippen LogP contribution in [0.3, 0.4) is 0 Å². The number of carbonyl (C=O) groups excluding carboxylic acids is 4. The summed E-state index contributed by atoms with van der Waals surface area (Å²) in [6, 6.07) is 13.5. The molecule has 0 N–H and O–H groups in total. The van der Waals surface area contributed by atoms with Crippen LogP contribution in [0.1, 0.15) is 26.3 Å². The van der Waals surface area contributed by atoms with Crippen LogP contribution in [0, 0.1) is 0 Å². The molecule has 0 aliphatic carbocycles. The number of amides is 4. The average Bonchev–Trinajstić information content (AvgIpc) is 2.97. The molecule has 10 nitrogen and oxygen atoms in total. The van der Waals surface area contributed by atoms with E-state index < -0.39 is 39.6 Å². The minimum absolute atomic E-state index is 0.0108. The Labute approximate surface area is 262 Å². The molecule has 1 atom stereocenters. The molecule has 1 unspecified atom stereocenters. The monoisotopic (exact) mass is 679 g/mol. The Hall–Kier alpha value is -2.94. The van der Waals surface area contributed by atoms with Crippen molar-refractivity contribution in [2.75, 3.05) is 45.8 Å². The van der Waals surface area contributed by atoms with Crippen LogP contribution in [0.15, 0.2) is 48.5 Å². The van der Waals surface area contributed by atoms with Gasteiger partial charge in [-0.3, -0.25) is 0 Å². The molecule has 2 aliphatic rings. The van der Waals surface area contributed by atoms with E-state index >= 15 is 0 Å². The van der Waals surface area contributed by atoms with Crippen molar-refractivity contribution in [2.24, 2.45) is 0 Å². The average molecular weight is 680 g/mol. The fourth-order valence-corrected chi connectivity index (χ4v) is 6.93. The van der Waals surface area contributed by atoms with E-state index in [-0.39, 0.29) is 36.8 Å². The molecule has 42 heavy (non-hydrogen) atoms. The van der Waals surface area contributed by atoms with E-state index in [2.05, 4.69) is 0 Å². The van der Waals surface area contributed by atoms with Gasteiger partial charge in [-0.05, 0) is 20.8 Å². The molecule has 4 rings (SSSR count). The first-order chi connectivity index (χ1) is 19.9. The van der Waals surface area contributed by atoms with E-state index in [4.69, 9.17) is 32.7 Å². The van der Waals surface area contributed by atoms with E-state index in [1.165, 1.54) is 9.80 Å². The molecule has 2 aromatic carbocycles. The van der Waals surface area contributed by atoms with Crippen molar-refractivity contribution in [2.45, 2.75) is 39.0 Å². The molecule has 225 valence electrons. The van der Waals surface area contributed by atoms with Crippen LogP contribution in [0.4, 0.5) is 14.4 Å². The number of carbonyl (C=O) groups is 4. The predicted octanol–water partition coefficient (Wildman–Crippen LogP) is 3.85. The van der Waals surface area contributed by atoms with Gasteiger partial charge in [-0.25, -0.2) is 0 Å². The number of ether oxygens (including phenoxy) is 2. The maximum atomic E-state index is 13.8. The number of hydrogen-bond acceptors (Lipinski definition) is 6. The third kappa shape index (κ3) is 8.55. The van der Waals surface area contributed by atoms with Crippen LogP contribution in [0.2, 0.25) is 10.0 Å². The summed E-state index contributed by atoms with van der Waals surface area (Å²) in [5, 5.41) is 0.847. The molecule has 0 spiro atoms. The quantitative estimate of drug-likeness (QED) is 0.446. The molecule has 13 heteroatoms. The molecular weight excluding hydrogens is 646 g/mol. The Bertz CT molecular complexity index is 1300. The molecule has 2 aromatic rings. The molecule has 0 saturated carbocycles. The van der Waals surface area contributed by atoms with E-state index in [1.54, 1.807) is 48.8 Å². The zero-order valence-electron chi connectivity index (χ0n) is 23.8. The molecule has 2 aliphatic heterocycles. The summed E-state index contributed by atoms with van der Waals surface area (Å²) in [6.07, 6.45) is -1.17. The number of hydrogen-bond donors (Lipinski definition) is 0. The van der Waals surface area contributed by atoms with Gasteiger partial charge >= 0.3 is 212 Å². The topological polar surface area (TPSA) is 99.7 Å². The van der Waals surface area contributed by atoms with Gasteiger partial charge in [0.15, 0.2) is 0 Å². The van der Waals surface area contributed by atoms with Crippen molar-refractivity contribution < 1.29 is 28.7 Å². The summed E-state index contributed by atoms with van der Waals surface area (Å²) < 4.78 is 11.9. The number of rotatable bonds is 5. The summed E-state index contributed by atoms with van der Waals surface area (Å²) >= 11 is 11.3. The van der Waals surface area contributed by atoms with Gasteiger partial charge in [-0.1, -0.05) is 30.3 Å². The van der Waals surface area contributed by atoms with Gasteiger partial charge in [0.25, 0.3) is 0 Å². The molecule has 1 radical (unpaired) electrons. The van der Waals surface area contributed by atoms with E-state index in [0.29, 0.717) is 36.2 Å². The Morgan fingerprint density at radius 2 is 1.48 bits per heavy atom. The summed E-state index contributed by atoms with van der Waals surface area (Å²) in [6.45, 7) is 7.04. The van der Waals surface area contributed by atoms with E-state index in [9.17, 15) is 19.2 Å². The number of benzene rings is 2. The Balaban J connectivity index is 1.41. The second kappa shape index (κ2) is 14.0. The number of piperazine rings is 2. The van der Waals surface area contributed by atoms with E-state index in [1.807, 2.05) is 30.3 Å². The van der Waals surface area contributed by atoms with Gasteiger partial charge < -0.3 is 0 Å². The van der Waals surface area contributed by atoms with Crippen molar-refractivity contribution in [1.82, 2.24) is 19.6 Å². The third-order valence-corrected chi connectivity index (χ3v) is 9.61. The standard InChI is InChI=1S/C29H34AsCl2N4O6/c1-29(2,3)42-27(39)35-15-16-36(28(40)41-19-20-7-5-4-6-8-20)24(18-35)25(37)33-11-13-34(14-12-33)26(38)30-21-9-10-22(31)23(32)17-21/h4-10,17,24H,11-16,18-19H2,1-3H3. The van der Waals surface area contributed by atoms with Crippen molar-refractivity contribution in [3.8, 4) is 0 Å². The zero-order valence-corrected chi connectivity index (χ0v) is 27.2. The van der Waals surface area contributed by atoms with Gasteiger partial charge in [0.2, 0.25) is 0 Å². The van der Waals surface area contributed by atoms with Crippen LogP contribution in [-0.4, -0.2) is 116 Å². The minimum atomic E-state index is -0.945. The summed E-state index contributed by atoms with van der Waals surface area (Å²) in [5.41, 5.74) is 0.121. The van der Waals surface area contributed by atoms with Gasteiger partial charge in [0.1, 0.15) is 0 Å². The Kier molecular flexibility index (Phi) is 10.7. The molecule has 0 bridgehead atoms. The van der Waals surface area contributed by atoms with Crippen LogP contribution < -0.4 is 4.35 Å². The Morgan fingerprint density at radius 1 is 0.833 bits per heavy atom. The van der Waals surface area contributed by atoms with Crippen molar-refractivity contribution in [3.05, 3.63) is 64.1 Å². The SMILES string of the molecule is CC(C)(C)OC(=O)N1CCN(C(=O)OCc2ccccc2)C(C(=O)N2CCN(C(=O)[As]c3ccc(Cl)c(Cl)c3)CC2)C1. The second-order valence-electron chi connectivity index (χ2n) is 11.0. The van der Waals surface area contributed by atoms with Crippen molar-refractivity contribution in [3.63, 3.8) is 0 Å². The van der Waals surface area contributed by atoms with Crippen LogP contribution in [-0.2, 0) is 20.9 Å². The first-order valence-electron chi connectivity index (χ1n) is 13.6. The third-order valence-electron chi connectivity index (χ3n) is 6.75. The summed E-state index contributed by atoms with van der Waals surface area (Å²) in [7, 11) is 0. The second-order valence-corrected chi connectivity index (χ2v) is 14.2. The zero-order chi connectivity index (χ0) is 30.4. The molecular formula is C29H34AsCl2N4O6. The first-order valence-corrected chi connectivity index (χ1v) is 16.2. The normalized spacial score (nSPS) is 17.9. The molecule has 2 fully saturated rings. The molecule has 2 heterocycles. The molecule has 2 saturated heterocycles. The van der Waals surface area contributed by atoms with Gasteiger partial charge in [-0.2, -0.15) is 0 Å². The fourth-order valence-electron chi connectivity index (χ4n) is 4.57. The predicted molar refractivity (Wildman–Crippen MR) is 160 cm³/mol. The van der Waals surface area contributed by atoms with Crippen LogP contribution in [0.25, 0.3) is 0 Å². The molecule has 4 amide bonds. The van der Waals surface area contributed by atoms with Gasteiger partial charge in [0, 0.05) is 0 Å². The Morgan fingerprint density at radius 3 is 2.12 bits per heavy atom. The van der Waals surface area contributed by atoms with E-state index in [0.717, 1.165) is 9.91 Å². The van der Waals surface area contributed by atoms with Crippen LogP contribution >= 0.6 is 23.2 Å². The fraction of sp³-hybridized carbons (Fsp3) is 0.448. The van der Waals surface area contributed by atoms with Crippen molar-refractivity contribution in [1.29, 1.82) is 0 Å². The number of halogens is 2. The van der Waals surface area contributed by atoms with Crippen molar-refractivity contribution >= 4 is 66.1 Å². The van der Waals surface area contributed by atoms with Gasteiger partial charge in [0.05, 0.1) is 0 Å². The molecule has 0 aromatic heterocycles.